The maximum absolute atomic E-state index is 11.5. The number of hydrogen-bond acceptors (Lipinski definition) is 2. The van der Waals surface area contributed by atoms with Crippen LogP contribution in [0.3, 0.4) is 0 Å². The summed E-state index contributed by atoms with van der Waals surface area (Å²) < 4.78 is 0. The van der Waals surface area contributed by atoms with Crippen molar-refractivity contribution >= 4 is 5.91 Å². The van der Waals surface area contributed by atoms with E-state index in [2.05, 4.69) is 24.4 Å². The molecule has 2 rings (SSSR count). The Labute approximate surface area is 111 Å². The Balaban J connectivity index is 1.58. The fraction of sp³-hybridized carbons (Fsp3) is 0.800. The second-order valence-corrected chi connectivity index (χ2v) is 5.73. The number of carbonyl (C=O) groups excluding carboxylic acids is 1. The minimum atomic E-state index is 0.347. The van der Waals surface area contributed by atoms with Crippen molar-refractivity contribution in [3.8, 4) is 0 Å². The molecule has 0 aromatic carbocycles. The number of nitrogens with zero attached hydrogens (tertiary/aromatic N) is 1. The fourth-order valence-corrected chi connectivity index (χ4v) is 2.80. The van der Waals surface area contributed by atoms with Crippen LogP contribution in [0.4, 0.5) is 0 Å². The van der Waals surface area contributed by atoms with Crippen molar-refractivity contribution in [1.82, 2.24) is 10.2 Å². The molecule has 1 aliphatic carbocycles. The van der Waals surface area contributed by atoms with Crippen molar-refractivity contribution in [1.29, 1.82) is 0 Å². The predicted molar refractivity (Wildman–Crippen MR) is 74.4 cm³/mol. The highest BCUT2D eigenvalue weighted by atomic mass is 16.2. The largest absolute Gasteiger partial charge is 0.343 e. The molecule has 2 aliphatic rings. The predicted octanol–water partition coefficient (Wildman–Crippen LogP) is 2.33. The molecule has 1 amide bonds. The standard InChI is InChI=1S/C15H26N2O/c1-13(9-11-17-10-5-8-15(17)18)16-12-14-6-3-2-4-7-14/h2-3,13-14,16H,4-12H2,1H3/t13-,14-/m1/s1. The van der Waals surface area contributed by atoms with Gasteiger partial charge in [0.25, 0.3) is 0 Å². The minimum Gasteiger partial charge on any atom is -0.343 e. The van der Waals surface area contributed by atoms with E-state index >= 15 is 0 Å². The van der Waals surface area contributed by atoms with E-state index in [1.54, 1.807) is 0 Å². The molecule has 0 bridgehead atoms. The lowest BCUT2D eigenvalue weighted by Gasteiger charge is -2.23. The molecule has 1 fully saturated rings. The number of allylic oxidation sites excluding steroid dienone is 2. The topological polar surface area (TPSA) is 32.3 Å². The smallest absolute Gasteiger partial charge is 0.222 e. The van der Waals surface area contributed by atoms with Gasteiger partial charge in [0, 0.05) is 25.6 Å². The van der Waals surface area contributed by atoms with Crippen LogP contribution >= 0.6 is 0 Å². The van der Waals surface area contributed by atoms with E-state index in [1.165, 1.54) is 19.3 Å². The highest BCUT2D eigenvalue weighted by Crippen LogP contribution is 2.17. The van der Waals surface area contributed by atoms with Crippen LogP contribution in [0.15, 0.2) is 12.2 Å². The number of likely N-dealkylation sites (tertiary alicyclic amines) is 1. The molecule has 18 heavy (non-hydrogen) atoms. The summed E-state index contributed by atoms with van der Waals surface area (Å²) in [6.07, 6.45) is 11.3. The number of carbonyl (C=O) groups is 1. The van der Waals surface area contributed by atoms with Gasteiger partial charge < -0.3 is 10.2 Å². The van der Waals surface area contributed by atoms with Gasteiger partial charge in [-0.25, -0.2) is 0 Å². The summed E-state index contributed by atoms with van der Waals surface area (Å²) in [5, 5.41) is 3.62. The Hall–Kier alpha value is -0.830. The third-order valence-corrected chi connectivity index (χ3v) is 4.14. The van der Waals surface area contributed by atoms with Crippen LogP contribution in [0.5, 0.6) is 0 Å². The van der Waals surface area contributed by atoms with E-state index < -0.39 is 0 Å². The van der Waals surface area contributed by atoms with Crippen LogP contribution in [0.1, 0.15) is 45.4 Å². The van der Waals surface area contributed by atoms with Crippen molar-refractivity contribution < 1.29 is 4.79 Å². The Morgan fingerprint density at radius 3 is 3.06 bits per heavy atom. The van der Waals surface area contributed by atoms with Gasteiger partial charge in [-0.15, -0.1) is 0 Å². The zero-order valence-corrected chi connectivity index (χ0v) is 11.5. The molecule has 3 nitrogen and oxygen atoms in total. The summed E-state index contributed by atoms with van der Waals surface area (Å²) in [4.78, 5) is 13.5. The first kappa shape index (κ1) is 13.6. The molecule has 0 aromatic heterocycles. The monoisotopic (exact) mass is 250 g/mol. The molecule has 102 valence electrons. The van der Waals surface area contributed by atoms with Gasteiger partial charge in [-0.2, -0.15) is 0 Å². The molecule has 1 saturated heterocycles. The van der Waals surface area contributed by atoms with Crippen molar-refractivity contribution in [3.63, 3.8) is 0 Å². The second kappa shape index (κ2) is 6.93. The highest BCUT2D eigenvalue weighted by molar-refractivity contribution is 5.77. The molecular formula is C15H26N2O. The number of amides is 1. The number of rotatable bonds is 6. The number of hydrogen-bond donors (Lipinski definition) is 1. The van der Waals surface area contributed by atoms with Crippen LogP contribution < -0.4 is 5.32 Å². The molecular weight excluding hydrogens is 224 g/mol. The molecule has 0 unspecified atom stereocenters. The molecule has 0 spiro atoms. The summed E-state index contributed by atoms with van der Waals surface area (Å²) >= 11 is 0. The first-order valence-electron chi connectivity index (χ1n) is 7.42. The van der Waals surface area contributed by atoms with E-state index in [4.69, 9.17) is 0 Å². The molecule has 1 N–H and O–H groups in total. The zero-order chi connectivity index (χ0) is 12.8. The lowest BCUT2D eigenvalue weighted by atomic mass is 9.94. The van der Waals surface area contributed by atoms with Gasteiger partial charge >= 0.3 is 0 Å². The summed E-state index contributed by atoms with van der Waals surface area (Å²) in [6, 6.07) is 0.518. The van der Waals surface area contributed by atoms with Crippen molar-refractivity contribution in [3.05, 3.63) is 12.2 Å². The maximum atomic E-state index is 11.5. The lowest BCUT2D eigenvalue weighted by molar-refractivity contribution is -0.127. The van der Waals surface area contributed by atoms with Gasteiger partial charge in [0.1, 0.15) is 0 Å². The lowest BCUT2D eigenvalue weighted by Crippen LogP contribution is -2.35. The van der Waals surface area contributed by atoms with E-state index in [1.807, 2.05) is 4.90 Å². The SMILES string of the molecule is C[C@H](CCN1CCCC1=O)NC[C@@H]1CC=CCC1. The molecule has 1 aliphatic heterocycles. The summed E-state index contributed by atoms with van der Waals surface area (Å²) in [5.41, 5.74) is 0. The van der Waals surface area contributed by atoms with Crippen LogP contribution in [-0.2, 0) is 4.79 Å². The molecule has 1 heterocycles. The quantitative estimate of drug-likeness (QED) is 0.734. The van der Waals surface area contributed by atoms with Gasteiger partial charge in [-0.3, -0.25) is 4.79 Å². The Morgan fingerprint density at radius 2 is 2.39 bits per heavy atom. The first-order chi connectivity index (χ1) is 8.75. The summed E-state index contributed by atoms with van der Waals surface area (Å²) in [7, 11) is 0. The van der Waals surface area contributed by atoms with E-state index in [0.29, 0.717) is 11.9 Å². The van der Waals surface area contributed by atoms with Crippen molar-refractivity contribution in [2.24, 2.45) is 5.92 Å². The third-order valence-electron chi connectivity index (χ3n) is 4.14. The average molecular weight is 250 g/mol. The highest BCUT2D eigenvalue weighted by Gasteiger charge is 2.20. The molecule has 0 saturated carbocycles. The normalized spacial score (nSPS) is 25.7. The molecule has 2 atom stereocenters. The molecule has 0 aromatic rings. The molecule has 0 radical (unpaired) electrons. The Kier molecular flexibility index (Phi) is 5.24. The first-order valence-corrected chi connectivity index (χ1v) is 7.42. The van der Waals surface area contributed by atoms with Gasteiger partial charge in [-0.1, -0.05) is 12.2 Å². The third kappa shape index (κ3) is 4.13. The van der Waals surface area contributed by atoms with Crippen LogP contribution in [0.2, 0.25) is 0 Å². The van der Waals surface area contributed by atoms with Crippen LogP contribution in [0, 0.1) is 5.92 Å². The molecule has 3 heteroatoms. The summed E-state index contributed by atoms with van der Waals surface area (Å²) in [5.74, 6) is 1.16. The zero-order valence-electron chi connectivity index (χ0n) is 11.5. The van der Waals surface area contributed by atoms with Crippen LogP contribution in [0.25, 0.3) is 0 Å². The maximum Gasteiger partial charge on any atom is 0.222 e. The van der Waals surface area contributed by atoms with Gasteiger partial charge in [0.15, 0.2) is 0 Å². The van der Waals surface area contributed by atoms with E-state index in [-0.39, 0.29) is 0 Å². The van der Waals surface area contributed by atoms with Gasteiger partial charge in [0.2, 0.25) is 5.91 Å². The fourth-order valence-electron chi connectivity index (χ4n) is 2.80. The second-order valence-electron chi connectivity index (χ2n) is 5.73. The van der Waals surface area contributed by atoms with Crippen molar-refractivity contribution in [2.45, 2.75) is 51.5 Å². The van der Waals surface area contributed by atoms with E-state index in [0.717, 1.165) is 44.8 Å². The number of nitrogens with one attached hydrogen (secondary N) is 1. The minimum absolute atomic E-state index is 0.347. The summed E-state index contributed by atoms with van der Waals surface area (Å²) in [6.45, 7) is 5.26. The average Bonchev–Trinajstić information content (AvgIpc) is 2.81. The Morgan fingerprint density at radius 1 is 1.50 bits per heavy atom. The Bertz CT molecular complexity index is 301. The van der Waals surface area contributed by atoms with Crippen molar-refractivity contribution in [2.75, 3.05) is 19.6 Å². The van der Waals surface area contributed by atoms with Gasteiger partial charge in [0.05, 0.1) is 0 Å². The van der Waals surface area contributed by atoms with E-state index in [9.17, 15) is 4.79 Å². The van der Waals surface area contributed by atoms with Crippen LogP contribution in [-0.4, -0.2) is 36.5 Å². The van der Waals surface area contributed by atoms with Gasteiger partial charge in [-0.05, 0) is 51.5 Å².